The molecule has 35 heavy (non-hydrogen) atoms. The lowest BCUT2D eigenvalue weighted by Crippen LogP contribution is -2.47. The molecule has 2 aromatic carbocycles. The molecule has 2 amide bonds. The smallest absolute Gasteiger partial charge is 0.227 e. The molecule has 0 unspecified atom stereocenters. The molecule has 0 aromatic heterocycles. The standard InChI is InChI=1S/C29H38N4O2/c34-28(12-11-23-5-2-1-3-6-23)33-15-13-25(14-16-33)29(35)30-26-7-4-8-27(21-26)32-19-17-31(18-20-32)22-24-9-10-24/h1-8,21,24-25H,9-20,22H2,(H,30,35). The first-order chi connectivity index (χ1) is 17.1. The van der Waals surface area contributed by atoms with Crippen LogP contribution in [0.3, 0.4) is 0 Å². The van der Waals surface area contributed by atoms with Crippen molar-refractivity contribution in [2.45, 2.75) is 38.5 Å². The van der Waals surface area contributed by atoms with Crippen molar-refractivity contribution in [3.8, 4) is 0 Å². The van der Waals surface area contributed by atoms with Crippen molar-refractivity contribution in [2.75, 3.05) is 56.0 Å². The monoisotopic (exact) mass is 474 g/mol. The Bertz CT molecular complexity index is 991. The van der Waals surface area contributed by atoms with Crippen LogP contribution in [0, 0.1) is 11.8 Å². The predicted octanol–water partition coefficient (Wildman–Crippen LogP) is 4.03. The highest BCUT2D eigenvalue weighted by Crippen LogP contribution is 2.30. The van der Waals surface area contributed by atoms with E-state index in [1.54, 1.807) is 0 Å². The quantitative estimate of drug-likeness (QED) is 0.628. The Morgan fingerprint density at radius 1 is 0.829 bits per heavy atom. The molecule has 0 bridgehead atoms. The van der Waals surface area contributed by atoms with Crippen molar-refractivity contribution in [2.24, 2.45) is 11.8 Å². The molecule has 3 aliphatic rings. The van der Waals surface area contributed by atoms with E-state index in [0.717, 1.165) is 57.0 Å². The van der Waals surface area contributed by atoms with Crippen LogP contribution in [0.25, 0.3) is 0 Å². The zero-order valence-corrected chi connectivity index (χ0v) is 20.7. The van der Waals surface area contributed by atoms with Gasteiger partial charge in [-0.3, -0.25) is 14.5 Å². The van der Waals surface area contributed by atoms with Crippen molar-refractivity contribution in [3.63, 3.8) is 0 Å². The molecule has 186 valence electrons. The van der Waals surface area contributed by atoms with Crippen LogP contribution < -0.4 is 10.2 Å². The van der Waals surface area contributed by atoms with Crippen LogP contribution in [0.1, 0.15) is 37.7 Å². The fourth-order valence-electron chi connectivity index (χ4n) is 5.32. The third kappa shape index (κ3) is 6.63. The van der Waals surface area contributed by atoms with E-state index < -0.39 is 0 Å². The fraction of sp³-hybridized carbons (Fsp3) is 0.517. The second-order valence-corrected chi connectivity index (χ2v) is 10.4. The summed E-state index contributed by atoms with van der Waals surface area (Å²) in [7, 11) is 0. The molecule has 6 nitrogen and oxygen atoms in total. The van der Waals surface area contributed by atoms with Gasteiger partial charge in [0, 0.05) is 69.5 Å². The molecule has 1 N–H and O–H groups in total. The van der Waals surface area contributed by atoms with E-state index in [1.807, 2.05) is 35.2 Å². The third-order valence-corrected chi connectivity index (χ3v) is 7.75. The first-order valence-electron chi connectivity index (χ1n) is 13.3. The highest BCUT2D eigenvalue weighted by atomic mass is 16.2. The van der Waals surface area contributed by atoms with E-state index in [1.165, 1.54) is 30.6 Å². The maximum Gasteiger partial charge on any atom is 0.227 e. The molecule has 0 radical (unpaired) electrons. The molecule has 2 heterocycles. The SMILES string of the molecule is O=C(Nc1cccc(N2CCN(CC3CC3)CC2)c1)C1CCN(C(=O)CCc2ccccc2)CC1. The Morgan fingerprint density at radius 2 is 1.57 bits per heavy atom. The summed E-state index contributed by atoms with van der Waals surface area (Å²) in [5, 5.41) is 3.15. The molecule has 3 fully saturated rings. The number of carbonyl (C=O) groups excluding carboxylic acids is 2. The van der Waals surface area contributed by atoms with Gasteiger partial charge in [0.05, 0.1) is 0 Å². The Hall–Kier alpha value is -2.86. The minimum atomic E-state index is -0.0391. The van der Waals surface area contributed by atoms with Gasteiger partial charge >= 0.3 is 0 Å². The summed E-state index contributed by atoms with van der Waals surface area (Å²) in [6, 6.07) is 18.4. The first-order valence-corrected chi connectivity index (χ1v) is 13.3. The van der Waals surface area contributed by atoms with Crippen molar-refractivity contribution in [1.82, 2.24) is 9.80 Å². The predicted molar refractivity (Wildman–Crippen MR) is 141 cm³/mol. The molecule has 1 aliphatic carbocycles. The largest absolute Gasteiger partial charge is 0.369 e. The summed E-state index contributed by atoms with van der Waals surface area (Å²) in [5.74, 6) is 1.17. The van der Waals surface area contributed by atoms with E-state index in [4.69, 9.17) is 0 Å². The minimum Gasteiger partial charge on any atom is -0.369 e. The van der Waals surface area contributed by atoms with Crippen LogP contribution in [-0.4, -0.2) is 67.4 Å². The zero-order valence-electron chi connectivity index (χ0n) is 20.7. The van der Waals surface area contributed by atoms with Gasteiger partial charge in [-0.25, -0.2) is 0 Å². The Labute approximate surface area is 209 Å². The number of nitrogens with one attached hydrogen (secondary N) is 1. The van der Waals surface area contributed by atoms with Crippen LogP contribution in [0.2, 0.25) is 0 Å². The number of rotatable bonds is 8. The molecule has 2 aromatic rings. The maximum atomic E-state index is 13.0. The van der Waals surface area contributed by atoms with E-state index in [9.17, 15) is 9.59 Å². The summed E-state index contributed by atoms with van der Waals surface area (Å²) in [4.78, 5) is 32.5. The van der Waals surface area contributed by atoms with Gasteiger partial charge in [0.2, 0.25) is 11.8 Å². The Kier molecular flexibility index (Phi) is 7.67. The summed E-state index contributed by atoms with van der Waals surface area (Å²) in [6.07, 6.45) is 5.57. The van der Waals surface area contributed by atoms with Crippen LogP contribution in [-0.2, 0) is 16.0 Å². The molecule has 0 spiro atoms. The Balaban J connectivity index is 1.06. The summed E-state index contributed by atoms with van der Waals surface area (Å²) < 4.78 is 0. The summed E-state index contributed by atoms with van der Waals surface area (Å²) in [5.41, 5.74) is 3.25. The van der Waals surface area contributed by atoms with E-state index >= 15 is 0 Å². The molecule has 5 rings (SSSR count). The molecule has 2 aliphatic heterocycles. The lowest BCUT2D eigenvalue weighted by molar-refractivity contribution is -0.134. The topological polar surface area (TPSA) is 55.9 Å². The van der Waals surface area contributed by atoms with Gasteiger partial charge in [-0.1, -0.05) is 36.4 Å². The van der Waals surface area contributed by atoms with E-state index in [2.05, 4.69) is 39.4 Å². The number of benzene rings is 2. The number of anilines is 2. The number of hydrogen-bond donors (Lipinski definition) is 1. The molecule has 0 atom stereocenters. The van der Waals surface area contributed by atoms with Gasteiger partial charge in [0.25, 0.3) is 0 Å². The molecular weight excluding hydrogens is 436 g/mol. The highest BCUT2D eigenvalue weighted by molar-refractivity contribution is 5.93. The van der Waals surface area contributed by atoms with Crippen molar-refractivity contribution in [3.05, 3.63) is 60.2 Å². The van der Waals surface area contributed by atoms with Gasteiger partial charge in [0.15, 0.2) is 0 Å². The number of nitrogens with zero attached hydrogens (tertiary/aromatic N) is 3. The number of likely N-dealkylation sites (tertiary alicyclic amines) is 1. The van der Waals surface area contributed by atoms with Crippen molar-refractivity contribution >= 4 is 23.2 Å². The van der Waals surface area contributed by atoms with Crippen molar-refractivity contribution in [1.29, 1.82) is 0 Å². The average molecular weight is 475 g/mol. The Morgan fingerprint density at radius 3 is 2.29 bits per heavy atom. The van der Waals surface area contributed by atoms with Gasteiger partial charge < -0.3 is 15.1 Å². The molecule has 2 saturated heterocycles. The number of hydrogen-bond acceptors (Lipinski definition) is 4. The normalized spacial score (nSPS) is 19.5. The molecular formula is C29H38N4O2. The average Bonchev–Trinajstić information content (AvgIpc) is 3.72. The van der Waals surface area contributed by atoms with Crippen LogP contribution >= 0.6 is 0 Å². The van der Waals surface area contributed by atoms with Crippen molar-refractivity contribution < 1.29 is 9.59 Å². The van der Waals surface area contributed by atoms with Gasteiger partial charge in [-0.2, -0.15) is 0 Å². The highest BCUT2D eigenvalue weighted by Gasteiger charge is 2.28. The lowest BCUT2D eigenvalue weighted by Gasteiger charge is -2.36. The number of aryl methyl sites for hydroxylation is 1. The fourth-order valence-corrected chi connectivity index (χ4v) is 5.32. The van der Waals surface area contributed by atoms with Gasteiger partial charge in [-0.05, 0) is 61.8 Å². The van der Waals surface area contributed by atoms with Gasteiger partial charge in [0.1, 0.15) is 0 Å². The molecule has 6 heteroatoms. The number of amides is 2. The lowest BCUT2D eigenvalue weighted by atomic mass is 9.95. The number of piperidine rings is 1. The maximum absolute atomic E-state index is 13.0. The van der Waals surface area contributed by atoms with Crippen LogP contribution in [0.5, 0.6) is 0 Å². The summed E-state index contributed by atoms with van der Waals surface area (Å²) >= 11 is 0. The third-order valence-electron chi connectivity index (χ3n) is 7.75. The first kappa shape index (κ1) is 23.9. The number of piperazine rings is 1. The minimum absolute atomic E-state index is 0.0391. The summed E-state index contributed by atoms with van der Waals surface area (Å²) in [6.45, 7) is 6.92. The van der Waals surface area contributed by atoms with E-state index in [0.29, 0.717) is 19.5 Å². The van der Waals surface area contributed by atoms with Crippen LogP contribution in [0.4, 0.5) is 11.4 Å². The zero-order chi connectivity index (χ0) is 24.0. The van der Waals surface area contributed by atoms with Crippen LogP contribution in [0.15, 0.2) is 54.6 Å². The second-order valence-electron chi connectivity index (χ2n) is 10.4. The van der Waals surface area contributed by atoms with Gasteiger partial charge in [-0.15, -0.1) is 0 Å². The molecule has 1 saturated carbocycles. The number of carbonyl (C=O) groups is 2. The second kappa shape index (κ2) is 11.3. The van der Waals surface area contributed by atoms with E-state index in [-0.39, 0.29) is 17.7 Å².